The Labute approximate surface area is 148 Å². The largest absolute Gasteiger partial charge is 0.366 e. The van der Waals surface area contributed by atoms with Gasteiger partial charge in [0, 0.05) is 23.2 Å². The molecule has 1 aromatic carbocycles. The highest BCUT2D eigenvalue weighted by Crippen LogP contribution is 2.34. The summed E-state index contributed by atoms with van der Waals surface area (Å²) in [5.74, 6) is 0.0191. The molecule has 4 rings (SSSR count). The minimum Gasteiger partial charge on any atom is -0.366 e. The lowest BCUT2D eigenvalue weighted by Crippen LogP contribution is -2.21. The van der Waals surface area contributed by atoms with Gasteiger partial charge in [0.1, 0.15) is 4.83 Å². The van der Waals surface area contributed by atoms with E-state index in [1.165, 1.54) is 16.9 Å². The van der Waals surface area contributed by atoms with Crippen LogP contribution in [-0.4, -0.2) is 15.5 Å². The van der Waals surface area contributed by atoms with Crippen molar-refractivity contribution >= 4 is 39.1 Å². The van der Waals surface area contributed by atoms with E-state index in [9.17, 15) is 9.59 Å². The number of nitrogens with one attached hydrogen (secondary N) is 1. The summed E-state index contributed by atoms with van der Waals surface area (Å²) < 4.78 is 1.55. The normalized spacial score (nSPS) is 13.6. The van der Waals surface area contributed by atoms with Crippen molar-refractivity contribution in [1.29, 1.82) is 0 Å². The van der Waals surface area contributed by atoms with Crippen LogP contribution < -0.4 is 16.6 Å². The molecule has 128 valence electrons. The lowest BCUT2D eigenvalue weighted by atomic mass is 9.97. The Hall–Kier alpha value is -2.67. The molecule has 1 amide bonds. The molecule has 0 spiro atoms. The fourth-order valence-corrected chi connectivity index (χ4v) is 4.50. The standard InChI is InChI=1S/C18H18N4O2S/c1-22-17(24)14-12-4-2-3-5-13(12)25-16(14)21-18(22)20-11-8-6-10(7-9-11)15(19)23/h6-9H,2-5H2,1H3,(H2,19,23)(H,20,21). The van der Waals surface area contributed by atoms with Crippen molar-refractivity contribution in [3.8, 4) is 0 Å². The second kappa shape index (κ2) is 6.00. The van der Waals surface area contributed by atoms with Gasteiger partial charge in [-0.25, -0.2) is 4.98 Å². The first-order valence-corrected chi connectivity index (χ1v) is 9.04. The van der Waals surface area contributed by atoms with E-state index in [0.29, 0.717) is 11.5 Å². The molecular formula is C18H18N4O2S. The lowest BCUT2D eigenvalue weighted by Gasteiger charge is -2.12. The van der Waals surface area contributed by atoms with E-state index in [2.05, 4.69) is 10.3 Å². The topological polar surface area (TPSA) is 90.0 Å². The minimum atomic E-state index is -0.470. The molecule has 0 fully saturated rings. The molecule has 0 aliphatic heterocycles. The van der Waals surface area contributed by atoms with Crippen molar-refractivity contribution in [2.45, 2.75) is 25.7 Å². The van der Waals surface area contributed by atoms with Crippen LogP contribution in [0.3, 0.4) is 0 Å². The number of primary amides is 1. The summed E-state index contributed by atoms with van der Waals surface area (Å²) in [6.07, 6.45) is 4.32. The van der Waals surface area contributed by atoms with Crippen molar-refractivity contribution < 1.29 is 4.79 Å². The van der Waals surface area contributed by atoms with Crippen LogP contribution in [0.5, 0.6) is 0 Å². The number of carbonyl (C=O) groups excluding carboxylic acids is 1. The molecule has 1 aliphatic rings. The Balaban J connectivity index is 1.76. The number of thiophene rings is 1. The van der Waals surface area contributed by atoms with E-state index in [1.807, 2.05) is 0 Å². The van der Waals surface area contributed by atoms with Crippen molar-refractivity contribution in [2.75, 3.05) is 5.32 Å². The quantitative estimate of drug-likeness (QED) is 0.757. The van der Waals surface area contributed by atoms with Crippen LogP contribution in [0, 0.1) is 0 Å². The number of fused-ring (bicyclic) bond motifs is 3. The van der Waals surface area contributed by atoms with Crippen LogP contribution >= 0.6 is 11.3 Å². The number of anilines is 2. The molecule has 0 bridgehead atoms. The van der Waals surface area contributed by atoms with Gasteiger partial charge in [0.25, 0.3) is 5.56 Å². The number of hydrogen-bond acceptors (Lipinski definition) is 5. The molecule has 25 heavy (non-hydrogen) atoms. The second-order valence-corrected chi connectivity index (χ2v) is 7.34. The molecule has 0 unspecified atom stereocenters. The predicted molar refractivity (Wildman–Crippen MR) is 99.7 cm³/mol. The van der Waals surface area contributed by atoms with Gasteiger partial charge in [-0.2, -0.15) is 0 Å². The lowest BCUT2D eigenvalue weighted by molar-refractivity contribution is 0.100. The molecule has 0 saturated carbocycles. The van der Waals surface area contributed by atoms with Gasteiger partial charge in [0.2, 0.25) is 11.9 Å². The van der Waals surface area contributed by atoms with Crippen molar-refractivity contribution in [3.05, 3.63) is 50.6 Å². The van der Waals surface area contributed by atoms with E-state index in [-0.39, 0.29) is 5.56 Å². The number of nitrogens with two attached hydrogens (primary N) is 1. The number of benzene rings is 1. The summed E-state index contributed by atoms with van der Waals surface area (Å²) >= 11 is 1.63. The average molecular weight is 354 g/mol. The average Bonchev–Trinajstić information content (AvgIpc) is 2.98. The molecule has 7 heteroatoms. The van der Waals surface area contributed by atoms with E-state index < -0.39 is 5.91 Å². The van der Waals surface area contributed by atoms with Gasteiger partial charge >= 0.3 is 0 Å². The maximum Gasteiger partial charge on any atom is 0.263 e. The zero-order valence-corrected chi connectivity index (χ0v) is 14.7. The highest BCUT2D eigenvalue weighted by Gasteiger charge is 2.21. The van der Waals surface area contributed by atoms with Gasteiger partial charge in [0.05, 0.1) is 5.39 Å². The summed E-state index contributed by atoms with van der Waals surface area (Å²) in [5, 5.41) is 3.93. The molecule has 6 nitrogen and oxygen atoms in total. The molecule has 2 heterocycles. The van der Waals surface area contributed by atoms with Crippen molar-refractivity contribution in [3.63, 3.8) is 0 Å². The third-order valence-corrected chi connectivity index (χ3v) is 5.81. The Morgan fingerprint density at radius 3 is 2.68 bits per heavy atom. The summed E-state index contributed by atoms with van der Waals surface area (Å²) in [5.41, 5.74) is 7.62. The molecule has 3 N–H and O–H groups in total. The van der Waals surface area contributed by atoms with Crippen LogP contribution in [0.1, 0.15) is 33.6 Å². The third-order valence-electron chi connectivity index (χ3n) is 4.62. The number of carbonyl (C=O) groups is 1. The second-order valence-electron chi connectivity index (χ2n) is 6.26. The Bertz CT molecular complexity index is 1030. The van der Waals surface area contributed by atoms with Crippen LogP contribution in [0.2, 0.25) is 0 Å². The molecule has 0 atom stereocenters. The van der Waals surface area contributed by atoms with Crippen molar-refractivity contribution in [2.24, 2.45) is 12.8 Å². The minimum absolute atomic E-state index is 0.0133. The third kappa shape index (κ3) is 2.70. The Kier molecular flexibility index (Phi) is 3.80. The molecule has 1 aliphatic carbocycles. The van der Waals surface area contributed by atoms with Gasteiger partial charge in [0.15, 0.2) is 0 Å². The van der Waals surface area contributed by atoms with E-state index in [0.717, 1.165) is 35.2 Å². The van der Waals surface area contributed by atoms with E-state index in [4.69, 9.17) is 5.73 Å². The van der Waals surface area contributed by atoms with E-state index in [1.54, 1.807) is 47.2 Å². The summed E-state index contributed by atoms with van der Waals surface area (Å²) in [7, 11) is 1.72. The first-order valence-electron chi connectivity index (χ1n) is 8.23. The Morgan fingerprint density at radius 1 is 1.24 bits per heavy atom. The number of aromatic nitrogens is 2. The highest BCUT2D eigenvalue weighted by atomic mass is 32.1. The highest BCUT2D eigenvalue weighted by molar-refractivity contribution is 7.18. The van der Waals surface area contributed by atoms with E-state index >= 15 is 0 Å². The number of hydrogen-bond donors (Lipinski definition) is 2. The maximum absolute atomic E-state index is 12.8. The summed E-state index contributed by atoms with van der Waals surface area (Å²) in [4.78, 5) is 30.8. The Morgan fingerprint density at radius 2 is 1.96 bits per heavy atom. The zero-order valence-electron chi connectivity index (χ0n) is 13.8. The van der Waals surface area contributed by atoms with Gasteiger partial charge in [-0.15, -0.1) is 11.3 Å². The number of amides is 1. The van der Waals surface area contributed by atoms with Gasteiger partial charge in [-0.05, 0) is 55.5 Å². The monoisotopic (exact) mass is 354 g/mol. The fraction of sp³-hybridized carbons (Fsp3) is 0.278. The predicted octanol–water partition coefficient (Wildman–Crippen LogP) is 2.72. The van der Waals surface area contributed by atoms with Crippen LogP contribution in [0.4, 0.5) is 11.6 Å². The number of rotatable bonds is 3. The van der Waals surface area contributed by atoms with Crippen molar-refractivity contribution in [1.82, 2.24) is 9.55 Å². The first kappa shape index (κ1) is 15.8. The summed E-state index contributed by atoms with van der Waals surface area (Å²) in [6, 6.07) is 6.78. The van der Waals surface area contributed by atoms with Gasteiger partial charge in [-0.3, -0.25) is 14.2 Å². The fourth-order valence-electron chi connectivity index (χ4n) is 3.24. The van der Waals surface area contributed by atoms with Gasteiger partial charge in [-0.1, -0.05) is 0 Å². The maximum atomic E-state index is 12.8. The molecular weight excluding hydrogens is 336 g/mol. The number of nitrogens with zero attached hydrogens (tertiary/aromatic N) is 2. The molecule has 2 aromatic heterocycles. The SMILES string of the molecule is Cn1c(Nc2ccc(C(N)=O)cc2)nc2sc3c(c2c1=O)CCCC3. The number of aryl methyl sites for hydroxylation is 2. The first-order chi connectivity index (χ1) is 12.0. The zero-order chi connectivity index (χ0) is 17.6. The van der Waals surface area contributed by atoms with Gasteiger partial charge < -0.3 is 11.1 Å². The molecule has 0 radical (unpaired) electrons. The van der Waals surface area contributed by atoms with Crippen LogP contribution in [0.15, 0.2) is 29.1 Å². The summed E-state index contributed by atoms with van der Waals surface area (Å²) in [6.45, 7) is 0. The van der Waals surface area contributed by atoms with Crippen LogP contribution in [-0.2, 0) is 19.9 Å². The smallest absolute Gasteiger partial charge is 0.263 e. The molecule has 3 aromatic rings. The van der Waals surface area contributed by atoms with Crippen LogP contribution in [0.25, 0.3) is 10.2 Å². The molecule has 0 saturated heterocycles.